The van der Waals surface area contributed by atoms with E-state index in [0.29, 0.717) is 59.5 Å². The second-order valence-corrected chi connectivity index (χ2v) is 17.4. The van der Waals surface area contributed by atoms with Gasteiger partial charge in [0.15, 0.2) is 6.29 Å². The molecule has 0 amide bonds. The molecule has 0 saturated carbocycles. The standard InChI is InChI=1S/C47H54O10P2/c1-6-16-38(17-7-1)36-52-37-43-44-45(56-58(39-18-8-2-9-19-39)40-20-10-3-11-21-40)46(57-59(41-22-12-4-13-23-41)42-24-14-5-15-25-42)47(55-43)54-35-33-51-31-29-49-27-26-48-28-30-50-32-34-53-44/h1-25,43-47H,26-37H2/t43-,44-,45+,46-,47+/m1/s1. The maximum Gasteiger partial charge on any atom is 0.187 e. The van der Waals surface area contributed by atoms with Crippen LogP contribution < -0.4 is 21.2 Å². The molecule has 2 fully saturated rings. The highest BCUT2D eigenvalue weighted by molar-refractivity contribution is 7.69. The lowest BCUT2D eigenvalue weighted by Crippen LogP contribution is -2.62. The summed E-state index contributed by atoms with van der Waals surface area (Å²) in [4.78, 5) is 0. The highest BCUT2D eigenvalue weighted by Crippen LogP contribution is 2.46. The van der Waals surface area contributed by atoms with Crippen molar-refractivity contribution in [3.63, 3.8) is 0 Å². The highest BCUT2D eigenvalue weighted by atomic mass is 31.1. The third kappa shape index (κ3) is 13.5. The zero-order chi connectivity index (χ0) is 40.2. The first kappa shape index (κ1) is 43.6. The van der Waals surface area contributed by atoms with Crippen LogP contribution in [0.5, 0.6) is 0 Å². The minimum absolute atomic E-state index is 0.218. The Balaban J connectivity index is 1.29. The first-order chi connectivity index (χ1) is 29.3. The van der Waals surface area contributed by atoms with E-state index in [4.69, 9.17) is 46.9 Å². The molecule has 2 aliphatic heterocycles. The maximum absolute atomic E-state index is 7.55. The molecule has 0 unspecified atom stereocenters. The van der Waals surface area contributed by atoms with Crippen LogP contribution in [0.2, 0.25) is 0 Å². The molecule has 0 aromatic heterocycles. The summed E-state index contributed by atoms with van der Waals surface area (Å²) >= 11 is 0. The second-order valence-electron chi connectivity index (χ2n) is 13.8. The van der Waals surface area contributed by atoms with E-state index >= 15 is 0 Å². The molecule has 2 bridgehead atoms. The molecule has 0 spiro atoms. The van der Waals surface area contributed by atoms with Crippen molar-refractivity contribution in [2.75, 3.05) is 72.7 Å². The first-order valence-corrected chi connectivity index (χ1v) is 22.8. The third-order valence-electron chi connectivity index (χ3n) is 9.57. The van der Waals surface area contributed by atoms with Crippen LogP contribution in [0, 0.1) is 0 Å². The lowest BCUT2D eigenvalue weighted by molar-refractivity contribution is -0.300. The van der Waals surface area contributed by atoms with E-state index in [1.807, 2.05) is 103 Å². The number of benzene rings is 5. The molecule has 10 nitrogen and oxygen atoms in total. The molecular formula is C47H54O10P2. The normalized spacial score (nSPS) is 22.9. The third-order valence-corrected chi connectivity index (χ3v) is 13.5. The van der Waals surface area contributed by atoms with E-state index in [0.717, 1.165) is 26.8 Å². The van der Waals surface area contributed by atoms with Gasteiger partial charge in [0.25, 0.3) is 0 Å². The summed E-state index contributed by atoms with van der Waals surface area (Å²) < 4.78 is 65.3. The van der Waals surface area contributed by atoms with Gasteiger partial charge in [-0.15, -0.1) is 0 Å². The Morgan fingerprint density at radius 3 is 1.24 bits per heavy atom. The molecular weight excluding hydrogens is 786 g/mol. The fourth-order valence-electron chi connectivity index (χ4n) is 6.71. The predicted molar refractivity (Wildman–Crippen MR) is 232 cm³/mol. The molecule has 59 heavy (non-hydrogen) atoms. The number of hydrogen-bond acceptors (Lipinski definition) is 10. The van der Waals surface area contributed by atoms with Crippen LogP contribution in [0.4, 0.5) is 0 Å². The van der Waals surface area contributed by atoms with Crippen molar-refractivity contribution in [2.24, 2.45) is 0 Å². The van der Waals surface area contributed by atoms with E-state index < -0.39 is 47.0 Å². The summed E-state index contributed by atoms with van der Waals surface area (Å²) in [6.07, 6.45) is -3.55. The summed E-state index contributed by atoms with van der Waals surface area (Å²) in [5.74, 6) is 0. The Labute approximate surface area is 350 Å². The Bertz CT molecular complexity index is 1770. The van der Waals surface area contributed by atoms with Gasteiger partial charge >= 0.3 is 0 Å². The molecule has 2 heterocycles. The molecule has 5 aromatic rings. The molecule has 12 heteroatoms. The van der Waals surface area contributed by atoms with E-state index in [1.165, 1.54) is 0 Å². The van der Waals surface area contributed by atoms with Crippen molar-refractivity contribution < 1.29 is 46.9 Å². The van der Waals surface area contributed by atoms with E-state index in [9.17, 15) is 0 Å². The van der Waals surface area contributed by atoms with Crippen LogP contribution >= 0.6 is 16.3 Å². The van der Waals surface area contributed by atoms with Gasteiger partial charge in [-0.1, -0.05) is 152 Å². The average molecular weight is 841 g/mol. The van der Waals surface area contributed by atoms with Crippen LogP contribution in [-0.2, 0) is 53.5 Å². The number of fused-ring (bicyclic) bond motifs is 3. The Hall–Kier alpha value is -3.44. The van der Waals surface area contributed by atoms with Gasteiger partial charge in [-0.25, -0.2) is 0 Å². The van der Waals surface area contributed by atoms with Gasteiger partial charge < -0.3 is 46.9 Å². The maximum atomic E-state index is 7.55. The van der Waals surface area contributed by atoms with E-state index in [1.54, 1.807) is 0 Å². The zero-order valence-corrected chi connectivity index (χ0v) is 35.1. The quantitative estimate of drug-likeness (QED) is 0.134. The van der Waals surface area contributed by atoms with Crippen LogP contribution in [-0.4, -0.2) is 103 Å². The fraction of sp³-hybridized carbons (Fsp3) is 0.362. The molecule has 7 rings (SSSR count). The number of rotatable bonds is 12. The van der Waals surface area contributed by atoms with Gasteiger partial charge in [0.05, 0.1) is 95.6 Å². The molecule has 0 N–H and O–H groups in total. The molecule has 2 saturated heterocycles. The average Bonchev–Trinajstić information content (AvgIpc) is 3.29. The summed E-state index contributed by atoms with van der Waals surface area (Å²) in [7, 11) is -2.77. The summed E-state index contributed by atoms with van der Waals surface area (Å²) in [5.41, 5.74) is 1.06. The predicted octanol–water partition coefficient (Wildman–Crippen LogP) is 6.28. The molecule has 0 radical (unpaired) electrons. The topological polar surface area (TPSA) is 92.3 Å². The smallest absolute Gasteiger partial charge is 0.187 e. The Kier molecular flexibility index (Phi) is 18.3. The van der Waals surface area contributed by atoms with Gasteiger partial charge in [0.1, 0.15) is 24.4 Å². The monoisotopic (exact) mass is 840 g/mol. The zero-order valence-electron chi connectivity index (χ0n) is 33.3. The molecule has 5 aromatic carbocycles. The van der Waals surface area contributed by atoms with Gasteiger partial charge in [0, 0.05) is 21.2 Å². The van der Waals surface area contributed by atoms with E-state index in [2.05, 4.69) is 48.5 Å². The Morgan fingerprint density at radius 2 is 0.797 bits per heavy atom. The van der Waals surface area contributed by atoms with Gasteiger partial charge in [-0.3, -0.25) is 0 Å². The van der Waals surface area contributed by atoms with Crippen molar-refractivity contribution in [1.29, 1.82) is 0 Å². The van der Waals surface area contributed by atoms with Crippen molar-refractivity contribution in [2.45, 2.75) is 37.3 Å². The highest BCUT2D eigenvalue weighted by Gasteiger charge is 2.51. The molecule has 2 aliphatic rings. The van der Waals surface area contributed by atoms with Crippen molar-refractivity contribution in [1.82, 2.24) is 0 Å². The largest absolute Gasteiger partial charge is 0.377 e. The van der Waals surface area contributed by atoms with Gasteiger partial charge in [0.2, 0.25) is 0 Å². The van der Waals surface area contributed by atoms with Gasteiger partial charge in [-0.2, -0.15) is 0 Å². The number of ether oxygens (including phenoxy) is 8. The molecule has 5 atom stereocenters. The molecule has 312 valence electrons. The first-order valence-electron chi connectivity index (χ1n) is 20.3. The summed E-state index contributed by atoms with van der Waals surface area (Å²) in [6, 6.07) is 51.4. The second kappa shape index (κ2) is 24.7. The Morgan fingerprint density at radius 1 is 0.424 bits per heavy atom. The summed E-state index contributed by atoms with van der Waals surface area (Å²) in [6.45, 7) is 4.51. The summed E-state index contributed by atoms with van der Waals surface area (Å²) in [5, 5.41) is 4.21. The van der Waals surface area contributed by atoms with Crippen LogP contribution in [0.25, 0.3) is 0 Å². The van der Waals surface area contributed by atoms with Crippen molar-refractivity contribution in [3.8, 4) is 0 Å². The minimum atomic E-state index is -1.38. The van der Waals surface area contributed by atoms with E-state index in [-0.39, 0.29) is 19.8 Å². The van der Waals surface area contributed by atoms with Crippen molar-refractivity contribution >= 4 is 37.5 Å². The minimum Gasteiger partial charge on any atom is -0.377 e. The fourth-order valence-corrected chi connectivity index (χ4v) is 10.5. The molecule has 0 aliphatic carbocycles. The lowest BCUT2D eigenvalue weighted by Gasteiger charge is -2.47. The van der Waals surface area contributed by atoms with Gasteiger partial charge in [-0.05, 0) is 5.56 Å². The van der Waals surface area contributed by atoms with Crippen molar-refractivity contribution in [3.05, 3.63) is 157 Å². The van der Waals surface area contributed by atoms with Crippen LogP contribution in [0.3, 0.4) is 0 Å². The lowest BCUT2D eigenvalue weighted by atomic mass is 9.99. The number of hydrogen-bond donors (Lipinski definition) is 0. The van der Waals surface area contributed by atoms with Crippen LogP contribution in [0.1, 0.15) is 5.56 Å². The SMILES string of the molecule is c1ccc(COC[C@H]2O[C@@H]3OCCOCCOCCOCCOCCO[C@H]2[C@H](OP(c2ccccc2)c2ccccc2)[C@H]3OP(c2ccccc2)c2ccccc2)cc1. The van der Waals surface area contributed by atoms with Crippen LogP contribution in [0.15, 0.2) is 152 Å².